The van der Waals surface area contributed by atoms with Gasteiger partial charge in [-0.15, -0.1) is 6.42 Å². The van der Waals surface area contributed by atoms with E-state index in [1.807, 2.05) is 0 Å². The molecule has 0 saturated carbocycles. The maximum absolute atomic E-state index is 11.1. The highest BCUT2D eigenvalue weighted by Crippen LogP contribution is 2.20. The van der Waals surface area contributed by atoms with Gasteiger partial charge in [-0.25, -0.2) is 18.5 Å². The van der Waals surface area contributed by atoms with E-state index in [1.165, 1.54) is 0 Å². The maximum Gasteiger partial charge on any atom is 0.249 e. The number of amides is 1. The van der Waals surface area contributed by atoms with Crippen LogP contribution in [-0.2, 0) is 14.8 Å². The van der Waals surface area contributed by atoms with Gasteiger partial charge in [0.15, 0.2) is 9.34 Å². The first-order chi connectivity index (χ1) is 7.93. The Hall–Kier alpha value is -1.63. The van der Waals surface area contributed by atoms with Crippen molar-refractivity contribution in [3.8, 4) is 12.3 Å². The lowest BCUT2D eigenvalue weighted by Crippen LogP contribution is -2.29. The summed E-state index contributed by atoms with van der Waals surface area (Å²) in [5.41, 5.74) is 0. The van der Waals surface area contributed by atoms with Crippen LogP contribution in [0.2, 0.25) is 0 Å². The molecule has 1 amide bonds. The van der Waals surface area contributed by atoms with Gasteiger partial charge in [-0.1, -0.05) is 17.3 Å². The molecular weight excluding hydrogens is 264 g/mol. The second-order valence-corrected chi connectivity index (χ2v) is 5.68. The van der Waals surface area contributed by atoms with Crippen LogP contribution in [0.1, 0.15) is 0 Å². The molecule has 0 saturated heterocycles. The Labute approximate surface area is 102 Å². The Morgan fingerprint density at radius 3 is 2.88 bits per heavy atom. The standard InChI is InChI=1S/C8H10N4O3S2/c1-2-3-10-6(13)4-11-8-12-5-7(16-8)17(9,14)15/h1,5H,3-4H2,(H,10,13)(H,11,12)(H2,9,14,15). The molecule has 4 N–H and O–H groups in total. The van der Waals surface area contributed by atoms with Crippen LogP contribution in [0, 0.1) is 12.3 Å². The van der Waals surface area contributed by atoms with Crippen molar-refractivity contribution in [1.82, 2.24) is 10.3 Å². The summed E-state index contributed by atoms with van der Waals surface area (Å²) in [6.07, 6.45) is 6.09. The van der Waals surface area contributed by atoms with E-state index in [-0.39, 0.29) is 23.2 Å². The van der Waals surface area contributed by atoms with Gasteiger partial charge in [-0.2, -0.15) is 0 Å². The minimum atomic E-state index is -3.75. The second kappa shape index (κ2) is 5.62. The fraction of sp³-hybridized carbons (Fsp3) is 0.250. The van der Waals surface area contributed by atoms with E-state index in [2.05, 4.69) is 21.5 Å². The molecule has 17 heavy (non-hydrogen) atoms. The average molecular weight is 274 g/mol. The molecular formula is C8H10N4O3S2. The lowest BCUT2D eigenvalue weighted by Gasteiger charge is -2.01. The zero-order valence-electron chi connectivity index (χ0n) is 8.63. The summed E-state index contributed by atoms with van der Waals surface area (Å²) < 4.78 is 21.8. The van der Waals surface area contributed by atoms with E-state index in [1.54, 1.807) is 0 Å². The minimum absolute atomic E-state index is 0.0424. The van der Waals surface area contributed by atoms with E-state index in [4.69, 9.17) is 11.6 Å². The monoisotopic (exact) mass is 274 g/mol. The van der Waals surface area contributed by atoms with Gasteiger partial charge in [0.2, 0.25) is 15.9 Å². The highest BCUT2D eigenvalue weighted by atomic mass is 32.2. The summed E-state index contributed by atoms with van der Waals surface area (Å²) >= 11 is 0.850. The zero-order chi connectivity index (χ0) is 12.9. The van der Waals surface area contributed by atoms with E-state index < -0.39 is 10.0 Å². The molecule has 1 rings (SSSR count). The molecule has 1 aromatic heterocycles. The van der Waals surface area contributed by atoms with Crippen LogP contribution >= 0.6 is 11.3 Å². The van der Waals surface area contributed by atoms with Gasteiger partial charge < -0.3 is 10.6 Å². The number of rotatable bonds is 5. The van der Waals surface area contributed by atoms with Crippen molar-refractivity contribution in [2.45, 2.75) is 4.21 Å². The summed E-state index contributed by atoms with van der Waals surface area (Å²) in [5.74, 6) is 1.94. The summed E-state index contributed by atoms with van der Waals surface area (Å²) in [6, 6.07) is 0. The van der Waals surface area contributed by atoms with Crippen molar-refractivity contribution in [1.29, 1.82) is 0 Å². The van der Waals surface area contributed by atoms with Gasteiger partial charge in [0.05, 0.1) is 19.3 Å². The van der Waals surface area contributed by atoms with Crippen LogP contribution in [0.3, 0.4) is 0 Å². The van der Waals surface area contributed by atoms with Gasteiger partial charge >= 0.3 is 0 Å². The Balaban J connectivity index is 2.51. The van der Waals surface area contributed by atoms with Crippen molar-refractivity contribution in [2.75, 3.05) is 18.4 Å². The van der Waals surface area contributed by atoms with E-state index in [0.29, 0.717) is 5.13 Å². The molecule has 0 spiro atoms. The molecule has 0 bridgehead atoms. The van der Waals surface area contributed by atoms with Crippen molar-refractivity contribution in [3.05, 3.63) is 6.20 Å². The van der Waals surface area contributed by atoms with Crippen molar-refractivity contribution >= 4 is 32.4 Å². The van der Waals surface area contributed by atoms with E-state index in [0.717, 1.165) is 17.5 Å². The van der Waals surface area contributed by atoms with Crippen LogP contribution < -0.4 is 15.8 Å². The average Bonchev–Trinajstić information content (AvgIpc) is 2.71. The Kier molecular flexibility index (Phi) is 4.45. The number of thiazole rings is 1. The number of nitrogens with two attached hydrogens (primary N) is 1. The van der Waals surface area contributed by atoms with E-state index >= 15 is 0 Å². The number of terminal acetylenes is 1. The normalized spacial score (nSPS) is 10.6. The van der Waals surface area contributed by atoms with Crippen LogP contribution in [0.25, 0.3) is 0 Å². The first kappa shape index (κ1) is 13.4. The molecule has 92 valence electrons. The third-order valence-corrected chi connectivity index (χ3v) is 3.92. The smallest absolute Gasteiger partial charge is 0.249 e. The second-order valence-electron chi connectivity index (χ2n) is 2.86. The number of hydrogen-bond donors (Lipinski definition) is 3. The highest BCUT2D eigenvalue weighted by Gasteiger charge is 2.12. The van der Waals surface area contributed by atoms with Crippen LogP contribution in [-0.4, -0.2) is 32.4 Å². The predicted molar refractivity (Wildman–Crippen MR) is 63.8 cm³/mol. The fourth-order valence-corrected chi connectivity index (χ4v) is 2.29. The van der Waals surface area contributed by atoms with Crippen LogP contribution in [0.15, 0.2) is 10.4 Å². The first-order valence-electron chi connectivity index (χ1n) is 4.36. The van der Waals surface area contributed by atoms with Gasteiger partial charge in [0, 0.05) is 0 Å². The number of primary sulfonamides is 1. The van der Waals surface area contributed by atoms with Gasteiger partial charge in [0.25, 0.3) is 0 Å². The number of carbonyl (C=O) groups excluding carboxylic acids is 1. The molecule has 0 atom stereocenters. The summed E-state index contributed by atoms with van der Waals surface area (Å²) in [7, 11) is -3.75. The number of nitrogens with zero attached hydrogens (tertiary/aromatic N) is 1. The largest absolute Gasteiger partial charge is 0.352 e. The van der Waals surface area contributed by atoms with E-state index in [9.17, 15) is 13.2 Å². The number of anilines is 1. The number of hydrogen-bond acceptors (Lipinski definition) is 6. The lowest BCUT2D eigenvalue weighted by atomic mass is 10.5. The summed E-state index contributed by atoms with van der Waals surface area (Å²) in [6.45, 7) is 0.0973. The topological polar surface area (TPSA) is 114 Å². The predicted octanol–water partition coefficient (Wildman–Crippen LogP) is -1.05. The zero-order valence-corrected chi connectivity index (χ0v) is 10.3. The number of carbonyl (C=O) groups is 1. The number of aromatic nitrogens is 1. The van der Waals surface area contributed by atoms with Crippen LogP contribution in [0.5, 0.6) is 0 Å². The molecule has 0 aliphatic rings. The molecule has 0 aromatic carbocycles. The molecule has 0 aliphatic carbocycles. The molecule has 9 heteroatoms. The highest BCUT2D eigenvalue weighted by molar-refractivity contribution is 7.91. The third kappa shape index (κ3) is 4.39. The SMILES string of the molecule is C#CCNC(=O)CNc1ncc(S(N)(=O)=O)s1. The van der Waals surface area contributed by atoms with Crippen molar-refractivity contribution in [2.24, 2.45) is 5.14 Å². The summed E-state index contributed by atoms with van der Waals surface area (Å²) in [4.78, 5) is 14.9. The molecule has 1 aromatic rings. The third-order valence-electron chi connectivity index (χ3n) is 1.55. The molecule has 0 unspecified atom stereocenters. The Bertz CT molecular complexity index is 543. The van der Waals surface area contributed by atoms with Gasteiger partial charge in [0.1, 0.15) is 0 Å². The Morgan fingerprint density at radius 1 is 1.65 bits per heavy atom. The molecule has 1 heterocycles. The Morgan fingerprint density at radius 2 is 2.35 bits per heavy atom. The fourth-order valence-electron chi connectivity index (χ4n) is 0.841. The van der Waals surface area contributed by atoms with Gasteiger partial charge in [-0.05, 0) is 0 Å². The first-order valence-corrected chi connectivity index (χ1v) is 6.72. The van der Waals surface area contributed by atoms with Gasteiger partial charge in [-0.3, -0.25) is 4.79 Å². The lowest BCUT2D eigenvalue weighted by molar-refractivity contribution is -0.119. The number of sulfonamides is 1. The van der Waals surface area contributed by atoms with Crippen LogP contribution in [0.4, 0.5) is 5.13 Å². The quantitative estimate of drug-likeness (QED) is 0.593. The summed E-state index contributed by atoms with van der Waals surface area (Å²) in [5, 5.41) is 10.3. The van der Waals surface area contributed by atoms with Crippen molar-refractivity contribution in [3.63, 3.8) is 0 Å². The molecule has 0 aliphatic heterocycles. The maximum atomic E-state index is 11.1. The molecule has 0 fully saturated rings. The minimum Gasteiger partial charge on any atom is -0.352 e. The van der Waals surface area contributed by atoms with Crippen molar-refractivity contribution < 1.29 is 13.2 Å². The molecule has 7 nitrogen and oxygen atoms in total. The number of nitrogens with one attached hydrogen (secondary N) is 2. The molecule has 0 radical (unpaired) electrons.